The molecule has 0 aliphatic rings. The zero-order valence-corrected chi connectivity index (χ0v) is 24.7. The number of fused-ring (bicyclic) bond motifs is 6. The summed E-state index contributed by atoms with van der Waals surface area (Å²) in [5, 5.41) is -2.01. The minimum atomic E-state index is -1.09. The highest BCUT2D eigenvalue weighted by atomic mass is 16.3. The van der Waals surface area contributed by atoms with Gasteiger partial charge in [0.15, 0.2) is 17.5 Å². The molecule has 3 heterocycles. The summed E-state index contributed by atoms with van der Waals surface area (Å²) < 4.78 is 254. The standard InChI is InChI=1S/C45H28N4O/c1-3-13-29(14-4-1)43-46-44(48-45(47-43)32-25-26-36-35-19-8-10-24-40(35)50-41(36)28-32)31-16-11-15-30(27-31)34-21-12-23-39-42(34)37-20-7-9-22-38(37)49(39)33-17-5-2-6-18-33/h1-28H/i1D,2D,3D,4D,5D,6D,7D,8D,9D,10D,11D,12D,13D,14D,15D,16D,17D,18D,19D,20D,21D,22D,23D,24D,25D,26D,27D,28D. The Balaban J connectivity index is 1.39. The van der Waals surface area contributed by atoms with Crippen LogP contribution in [-0.2, 0) is 0 Å². The van der Waals surface area contributed by atoms with E-state index >= 15 is 0 Å². The molecule has 0 unspecified atom stereocenters. The number of nitrogens with zero attached hydrogens (tertiary/aromatic N) is 4. The van der Waals surface area contributed by atoms with E-state index in [9.17, 15) is 9.60 Å². The number of benzene rings is 7. The zero-order chi connectivity index (χ0) is 57.4. The summed E-state index contributed by atoms with van der Waals surface area (Å²) >= 11 is 0. The lowest BCUT2D eigenvalue weighted by atomic mass is 9.97. The van der Waals surface area contributed by atoms with Crippen LogP contribution in [0.3, 0.4) is 0 Å². The van der Waals surface area contributed by atoms with Crippen LogP contribution >= 0.6 is 0 Å². The van der Waals surface area contributed by atoms with Crippen LogP contribution in [0, 0.1) is 0 Å². The number of rotatable bonds is 5. The van der Waals surface area contributed by atoms with Crippen molar-refractivity contribution in [3.8, 4) is 51.0 Å². The molecule has 0 N–H and O–H groups in total. The monoisotopic (exact) mass is 668 g/mol. The van der Waals surface area contributed by atoms with E-state index in [1.807, 2.05) is 0 Å². The summed E-state index contributed by atoms with van der Waals surface area (Å²) in [7, 11) is 0. The van der Waals surface area contributed by atoms with E-state index in [1.165, 1.54) is 0 Å². The molecule has 7 aromatic carbocycles. The Hall–Kier alpha value is -6.85. The van der Waals surface area contributed by atoms with Crippen molar-refractivity contribution < 1.29 is 42.8 Å². The lowest BCUT2D eigenvalue weighted by Gasteiger charge is -2.11. The molecule has 0 radical (unpaired) electrons. The molecule has 0 aliphatic carbocycles. The third-order valence-corrected chi connectivity index (χ3v) is 7.50. The van der Waals surface area contributed by atoms with Crippen molar-refractivity contribution in [2.75, 3.05) is 0 Å². The van der Waals surface area contributed by atoms with E-state index in [1.54, 1.807) is 0 Å². The Bertz CT molecular complexity index is 4440. The second kappa shape index (κ2) is 11.4. The smallest absolute Gasteiger partial charge is 0.164 e. The lowest BCUT2D eigenvalue weighted by molar-refractivity contribution is 0.669. The Morgan fingerprint density at radius 3 is 1.82 bits per heavy atom. The fraction of sp³-hybridized carbons (Fsp3) is 0. The van der Waals surface area contributed by atoms with Crippen LogP contribution in [0.2, 0.25) is 0 Å². The molecule has 0 amide bonds. The quantitative estimate of drug-likeness (QED) is 0.183. The molecule has 10 aromatic rings. The van der Waals surface area contributed by atoms with Gasteiger partial charge in [-0.25, -0.2) is 15.0 Å². The molecule has 0 aliphatic heterocycles. The van der Waals surface area contributed by atoms with Crippen molar-refractivity contribution in [3.63, 3.8) is 0 Å². The molecular formula is C45H28N4O. The first-order valence-corrected chi connectivity index (χ1v) is 14.4. The van der Waals surface area contributed by atoms with Crippen molar-refractivity contribution in [3.05, 3.63) is 169 Å². The first-order chi connectivity index (χ1) is 36.4. The summed E-state index contributed by atoms with van der Waals surface area (Å²) in [5.74, 6) is -2.66. The molecular weight excluding hydrogens is 613 g/mol. The number of hydrogen-bond acceptors (Lipinski definition) is 4. The van der Waals surface area contributed by atoms with Gasteiger partial charge in [-0.05, 0) is 59.5 Å². The average molecular weight is 669 g/mol. The van der Waals surface area contributed by atoms with Crippen molar-refractivity contribution >= 4 is 43.7 Å². The average Bonchev–Trinajstić information content (AvgIpc) is 4.22. The number of para-hydroxylation sites is 3. The molecule has 0 saturated carbocycles. The van der Waals surface area contributed by atoms with Crippen LogP contribution in [0.25, 0.3) is 94.7 Å². The number of aromatic nitrogens is 4. The van der Waals surface area contributed by atoms with E-state index in [0.717, 1.165) is 4.57 Å². The maximum Gasteiger partial charge on any atom is 0.164 e. The molecule has 0 spiro atoms. The predicted molar refractivity (Wildman–Crippen MR) is 203 cm³/mol. The molecule has 50 heavy (non-hydrogen) atoms. The molecule has 5 nitrogen and oxygen atoms in total. The fourth-order valence-corrected chi connectivity index (χ4v) is 5.40. The van der Waals surface area contributed by atoms with Crippen LogP contribution < -0.4 is 0 Å². The van der Waals surface area contributed by atoms with Gasteiger partial charge in [-0.1, -0.05) is 121 Å². The minimum absolute atomic E-state index is 0.362. The van der Waals surface area contributed by atoms with Gasteiger partial charge in [0.2, 0.25) is 0 Å². The number of hydrogen-bond donors (Lipinski definition) is 0. The second-order valence-corrected chi connectivity index (χ2v) is 10.3. The Morgan fingerprint density at radius 1 is 0.420 bits per heavy atom. The largest absolute Gasteiger partial charge is 0.456 e. The summed E-state index contributed by atoms with van der Waals surface area (Å²) in [5.41, 5.74) is -7.28. The lowest BCUT2D eigenvalue weighted by Crippen LogP contribution is -2.00. The first-order valence-electron chi connectivity index (χ1n) is 28.4. The first kappa shape index (κ1) is 11.9. The predicted octanol–water partition coefficient (Wildman–Crippen LogP) is 11.5. The van der Waals surface area contributed by atoms with Gasteiger partial charge < -0.3 is 8.98 Å². The molecule has 0 bridgehead atoms. The van der Waals surface area contributed by atoms with Crippen LogP contribution in [0.5, 0.6) is 0 Å². The van der Waals surface area contributed by atoms with Gasteiger partial charge in [-0.15, -0.1) is 0 Å². The van der Waals surface area contributed by atoms with E-state index in [-0.39, 0.29) is 5.39 Å². The summed E-state index contributed by atoms with van der Waals surface area (Å²) in [6.07, 6.45) is 0. The number of furan rings is 1. The van der Waals surface area contributed by atoms with Crippen molar-refractivity contribution in [1.82, 2.24) is 19.5 Å². The Kier molecular flexibility index (Phi) is 2.72. The summed E-state index contributed by atoms with van der Waals surface area (Å²) in [4.78, 5) is 13.0. The van der Waals surface area contributed by atoms with Gasteiger partial charge in [0.05, 0.1) is 49.4 Å². The zero-order valence-electron chi connectivity index (χ0n) is 52.7. The molecule has 234 valence electrons. The minimum Gasteiger partial charge on any atom is -0.456 e. The SMILES string of the molecule is [2H]c1c([2H])c([2H])c(-c2nc(-c3c([2H])c([2H])c([2H])c(-c4c([2H])c([2H])c([2H])c5c4c4c([2H])c([2H])c([2H])c([2H])c4n5-c4c([2H])c([2H])c([2H])c([2H])c4[2H])c3[2H])nc(-c3c([2H])c([2H])c4c(oc5c([2H])c([2H])c([2H])c([2H])c54)c3[2H])n2)c([2H])c1[2H]. The van der Waals surface area contributed by atoms with Crippen LogP contribution in [-0.4, -0.2) is 19.5 Å². The van der Waals surface area contributed by atoms with Gasteiger partial charge >= 0.3 is 0 Å². The molecule has 0 atom stereocenters. The molecule has 5 heteroatoms. The van der Waals surface area contributed by atoms with Gasteiger partial charge in [-0.2, -0.15) is 0 Å². The van der Waals surface area contributed by atoms with Crippen LogP contribution in [0.4, 0.5) is 0 Å². The third-order valence-electron chi connectivity index (χ3n) is 7.50. The molecule has 0 saturated heterocycles. The van der Waals surface area contributed by atoms with E-state index in [2.05, 4.69) is 15.0 Å². The highest BCUT2D eigenvalue weighted by Gasteiger charge is 2.18. The van der Waals surface area contributed by atoms with E-state index in [4.69, 9.17) is 33.2 Å². The molecule has 10 rings (SSSR count). The van der Waals surface area contributed by atoms with Gasteiger partial charge in [0.25, 0.3) is 0 Å². The highest BCUT2D eigenvalue weighted by molar-refractivity contribution is 6.16. The summed E-state index contributed by atoms with van der Waals surface area (Å²) in [6.45, 7) is 0. The highest BCUT2D eigenvalue weighted by Crippen LogP contribution is 2.39. The Morgan fingerprint density at radius 2 is 1.00 bits per heavy atom. The fourth-order valence-electron chi connectivity index (χ4n) is 5.40. The maximum absolute atomic E-state index is 9.84. The van der Waals surface area contributed by atoms with E-state index in [0.29, 0.717) is 0 Å². The Labute approximate surface area is 327 Å². The topological polar surface area (TPSA) is 56.7 Å². The summed E-state index contributed by atoms with van der Waals surface area (Å²) in [6, 6.07) is -25.5. The normalized spacial score (nSPS) is 19.4. The maximum atomic E-state index is 9.84. The van der Waals surface area contributed by atoms with Crippen LogP contribution in [0.1, 0.15) is 38.4 Å². The van der Waals surface area contributed by atoms with Crippen molar-refractivity contribution in [2.24, 2.45) is 0 Å². The molecule has 3 aromatic heterocycles. The van der Waals surface area contributed by atoms with Gasteiger partial charge in [0.1, 0.15) is 11.2 Å². The van der Waals surface area contributed by atoms with Gasteiger partial charge in [-0.3, -0.25) is 0 Å². The third kappa shape index (κ3) is 4.60. The van der Waals surface area contributed by atoms with Crippen molar-refractivity contribution in [2.45, 2.75) is 0 Å². The molecule has 0 fully saturated rings. The van der Waals surface area contributed by atoms with Gasteiger partial charge in [0, 0.05) is 43.9 Å². The van der Waals surface area contributed by atoms with Crippen molar-refractivity contribution in [1.29, 1.82) is 0 Å². The second-order valence-electron chi connectivity index (χ2n) is 10.3. The van der Waals surface area contributed by atoms with E-state index < -0.39 is 259 Å². The van der Waals surface area contributed by atoms with Crippen LogP contribution in [0.15, 0.2) is 174 Å².